The quantitative estimate of drug-likeness (QED) is 0.571. The van der Waals surface area contributed by atoms with Crippen LogP contribution < -0.4 is 15.4 Å². The average molecular weight is 355 g/mol. The monoisotopic (exact) mass is 354 g/mol. The van der Waals surface area contributed by atoms with E-state index in [0.717, 1.165) is 17.0 Å². The van der Waals surface area contributed by atoms with Crippen molar-refractivity contribution in [2.24, 2.45) is 0 Å². The molecular formula is C21H26N2OS. The summed E-state index contributed by atoms with van der Waals surface area (Å²) in [6.07, 6.45) is 7.64. The van der Waals surface area contributed by atoms with Crippen LogP contribution in [0.1, 0.15) is 38.5 Å². The summed E-state index contributed by atoms with van der Waals surface area (Å²) in [5.41, 5.74) is 3.21. The van der Waals surface area contributed by atoms with Crippen molar-refractivity contribution >= 4 is 23.0 Å². The van der Waals surface area contributed by atoms with E-state index in [1.165, 1.54) is 44.1 Å². The molecule has 2 aromatic carbocycles. The van der Waals surface area contributed by atoms with Gasteiger partial charge in [0.1, 0.15) is 5.75 Å². The first-order valence-corrected chi connectivity index (χ1v) is 9.48. The van der Waals surface area contributed by atoms with Crippen molar-refractivity contribution in [3.63, 3.8) is 0 Å². The molecular weight excluding hydrogens is 328 g/mol. The topological polar surface area (TPSA) is 33.3 Å². The number of ether oxygens (including phenoxy) is 1. The number of rotatable bonds is 4. The van der Waals surface area contributed by atoms with E-state index in [1.54, 1.807) is 7.11 Å². The number of methoxy groups -OCH3 is 1. The minimum atomic E-state index is 0.478. The molecule has 0 aromatic heterocycles. The van der Waals surface area contributed by atoms with Crippen molar-refractivity contribution in [2.45, 2.75) is 44.6 Å². The Morgan fingerprint density at radius 1 is 0.960 bits per heavy atom. The lowest BCUT2D eigenvalue weighted by Crippen LogP contribution is -2.37. The minimum Gasteiger partial charge on any atom is -0.495 e. The number of nitrogens with one attached hydrogen (secondary N) is 2. The second kappa shape index (κ2) is 8.86. The first-order chi connectivity index (χ1) is 12.3. The molecule has 0 heterocycles. The molecule has 1 fully saturated rings. The van der Waals surface area contributed by atoms with Crippen LogP contribution in [0, 0.1) is 0 Å². The van der Waals surface area contributed by atoms with Gasteiger partial charge in [-0.15, -0.1) is 0 Å². The fourth-order valence-electron chi connectivity index (χ4n) is 3.38. The Kier molecular flexibility index (Phi) is 6.29. The normalized spacial score (nSPS) is 15.2. The van der Waals surface area contributed by atoms with Crippen LogP contribution in [0.3, 0.4) is 0 Å². The highest BCUT2D eigenvalue weighted by Crippen LogP contribution is 2.30. The number of benzene rings is 2. The molecule has 0 atom stereocenters. The van der Waals surface area contributed by atoms with Gasteiger partial charge in [0.15, 0.2) is 5.11 Å². The lowest BCUT2D eigenvalue weighted by molar-refractivity contribution is 0.417. The van der Waals surface area contributed by atoms with Crippen molar-refractivity contribution in [1.29, 1.82) is 0 Å². The zero-order valence-electron chi connectivity index (χ0n) is 14.8. The molecule has 3 nitrogen and oxygen atoms in total. The van der Waals surface area contributed by atoms with E-state index < -0.39 is 0 Å². The van der Waals surface area contributed by atoms with E-state index in [9.17, 15) is 0 Å². The van der Waals surface area contributed by atoms with Crippen LogP contribution in [0.15, 0.2) is 48.5 Å². The molecule has 3 rings (SSSR count). The molecule has 0 unspecified atom stereocenters. The summed E-state index contributed by atoms with van der Waals surface area (Å²) in [4.78, 5) is 0. The molecule has 1 aliphatic carbocycles. The smallest absolute Gasteiger partial charge is 0.171 e. The summed E-state index contributed by atoms with van der Waals surface area (Å²) in [6, 6.07) is 17.0. The third-order valence-corrected chi connectivity index (χ3v) is 4.97. The largest absolute Gasteiger partial charge is 0.495 e. The van der Waals surface area contributed by atoms with Gasteiger partial charge >= 0.3 is 0 Å². The van der Waals surface area contributed by atoms with E-state index >= 15 is 0 Å². The Labute approximate surface area is 155 Å². The molecule has 25 heavy (non-hydrogen) atoms. The van der Waals surface area contributed by atoms with Gasteiger partial charge in [-0.1, -0.05) is 62.1 Å². The van der Waals surface area contributed by atoms with Gasteiger partial charge in [0.05, 0.1) is 12.8 Å². The number of hydrogen-bond acceptors (Lipinski definition) is 2. The van der Waals surface area contributed by atoms with Crippen molar-refractivity contribution in [1.82, 2.24) is 5.32 Å². The molecule has 0 spiro atoms. The van der Waals surface area contributed by atoms with Gasteiger partial charge in [-0.25, -0.2) is 0 Å². The highest BCUT2D eigenvalue weighted by Gasteiger charge is 2.14. The van der Waals surface area contributed by atoms with Crippen molar-refractivity contribution in [2.75, 3.05) is 12.4 Å². The molecule has 132 valence electrons. The molecule has 1 saturated carbocycles. The highest BCUT2D eigenvalue weighted by atomic mass is 32.1. The maximum Gasteiger partial charge on any atom is 0.171 e. The summed E-state index contributed by atoms with van der Waals surface area (Å²) >= 11 is 5.55. The molecule has 2 N–H and O–H groups in total. The van der Waals surface area contributed by atoms with Gasteiger partial charge < -0.3 is 15.4 Å². The van der Waals surface area contributed by atoms with Crippen molar-refractivity contribution < 1.29 is 4.74 Å². The van der Waals surface area contributed by atoms with Crippen LogP contribution in [0.2, 0.25) is 0 Å². The van der Waals surface area contributed by atoms with Gasteiger partial charge in [0, 0.05) is 6.04 Å². The van der Waals surface area contributed by atoms with Crippen LogP contribution >= 0.6 is 12.2 Å². The summed E-state index contributed by atoms with van der Waals surface area (Å²) < 4.78 is 5.50. The standard InChI is InChI=1S/C21H26N2OS/c1-24-20-14-13-17(16-9-5-4-6-10-16)15-19(20)23-21(25)22-18-11-7-2-3-8-12-18/h4-6,9-10,13-15,18H,2-3,7-8,11-12H2,1H3,(H2,22,23,25). The third kappa shape index (κ3) is 4.95. The lowest BCUT2D eigenvalue weighted by atomic mass is 10.0. The second-order valence-corrected chi connectivity index (χ2v) is 6.98. The summed E-state index contributed by atoms with van der Waals surface area (Å²) in [7, 11) is 1.69. The van der Waals surface area contributed by atoms with Crippen LogP contribution in [0.4, 0.5) is 5.69 Å². The number of thiocarbonyl (C=S) groups is 1. The van der Waals surface area contributed by atoms with Gasteiger partial charge in [-0.3, -0.25) is 0 Å². The van der Waals surface area contributed by atoms with Crippen LogP contribution in [-0.4, -0.2) is 18.3 Å². The van der Waals surface area contributed by atoms with E-state index in [-0.39, 0.29) is 0 Å². The van der Waals surface area contributed by atoms with Crippen molar-refractivity contribution in [3.05, 3.63) is 48.5 Å². The predicted molar refractivity (Wildman–Crippen MR) is 109 cm³/mol. The van der Waals surface area contributed by atoms with E-state index in [0.29, 0.717) is 11.2 Å². The molecule has 0 bridgehead atoms. The summed E-state index contributed by atoms with van der Waals surface area (Å²) in [5.74, 6) is 0.796. The molecule has 0 aliphatic heterocycles. The summed E-state index contributed by atoms with van der Waals surface area (Å²) in [5, 5.41) is 7.49. The van der Waals surface area contributed by atoms with Crippen LogP contribution in [0.5, 0.6) is 5.75 Å². The Balaban J connectivity index is 1.72. The van der Waals surface area contributed by atoms with Crippen LogP contribution in [-0.2, 0) is 0 Å². The summed E-state index contributed by atoms with van der Waals surface area (Å²) in [6.45, 7) is 0. The molecule has 0 saturated heterocycles. The van der Waals surface area contributed by atoms with Crippen LogP contribution in [0.25, 0.3) is 11.1 Å². The molecule has 1 aliphatic rings. The number of hydrogen-bond donors (Lipinski definition) is 2. The van der Waals surface area contributed by atoms with E-state index in [1.807, 2.05) is 24.3 Å². The average Bonchev–Trinajstić information content (AvgIpc) is 2.91. The highest BCUT2D eigenvalue weighted by molar-refractivity contribution is 7.80. The van der Waals surface area contributed by atoms with Gasteiger partial charge in [0.2, 0.25) is 0 Å². The second-order valence-electron chi connectivity index (χ2n) is 6.57. The molecule has 0 radical (unpaired) electrons. The first-order valence-electron chi connectivity index (χ1n) is 9.07. The molecule has 4 heteroatoms. The SMILES string of the molecule is COc1ccc(-c2ccccc2)cc1NC(=S)NC1CCCCCC1. The lowest BCUT2D eigenvalue weighted by Gasteiger charge is -2.20. The van der Waals surface area contributed by atoms with Gasteiger partial charge in [0.25, 0.3) is 0 Å². The minimum absolute atomic E-state index is 0.478. The Morgan fingerprint density at radius 3 is 2.36 bits per heavy atom. The maximum atomic E-state index is 5.55. The predicted octanol–water partition coefficient (Wildman–Crippen LogP) is 5.37. The maximum absolute atomic E-state index is 5.55. The fourth-order valence-corrected chi connectivity index (χ4v) is 3.66. The fraction of sp³-hybridized carbons (Fsp3) is 0.381. The Hall–Kier alpha value is -2.07. The third-order valence-electron chi connectivity index (χ3n) is 4.75. The zero-order valence-corrected chi connectivity index (χ0v) is 15.6. The Morgan fingerprint density at radius 2 is 1.68 bits per heavy atom. The van der Waals surface area contributed by atoms with E-state index in [2.05, 4.69) is 34.9 Å². The van der Waals surface area contributed by atoms with Crippen molar-refractivity contribution in [3.8, 4) is 16.9 Å². The molecule has 0 amide bonds. The molecule has 2 aromatic rings. The van der Waals surface area contributed by atoms with Gasteiger partial charge in [-0.05, 0) is 48.3 Å². The first kappa shape index (κ1) is 17.7. The van der Waals surface area contributed by atoms with Gasteiger partial charge in [-0.2, -0.15) is 0 Å². The Bertz CT molecular complexity index is 694. The zero-order chi connectivity index (χ0) is 17.5. The number of anilines is 1. The van der Waals surface area contributed by atoms with E-state index in [4.69, 9.17) is 17.0 Å².